The zero-order chi connectivity index (χ0) is 20.9. The smallest absolute Gasteiger partial charge is 0.250 e. The van der Waals surface area contributed by atoms with Gasteiger partial charge in [0.15, 0.2) is 5.96 Å². The average Bonchev–Trinajstić information content (AvgIpc) is 3.17. The molecule has 0 aromatic carbocycles. The van der Waals surface area contributed by atoms with E-state index in [9.17, 15) is 8.42 Å². The molecule has 0 bridgehead atoms. The fourth-order valence-corrected chi connectivity index (χ4v) is 5.25. The Morgan fingerprint density at radius 2 is 1.97 bits per heavy atom. The molecule has 0 radical (unpaired) electrons. The predicted molar refractivity (Wildman–Crippen MR) is 130 cm³/mol. The number of aryl methyl sites for hydroxylation is 3. The normalized spacial score (nSPS) is 13.1. The van der Waals surface area contributed by atoms with Crippen molar-refractivity contribution in [1.29, 1.82) is 0 Å². The summed E-state index contributed by atoms with van der Waals surface area (Å²) in [5.41, 5.74) is 3.43. The van der Waals surface area contributed by atoms with Gasteiger partial charge in [0, 0.05) is 43.8 Å². The van der Waals surface area contributed by atoms with E-state index in [1.165, 1.54) is 16.9 Å². The van der Waals surface area contributed by atoms with Crippen molar-refractivity contribution in [2.45, 2.75) is 44.4 Å². The monoisotopic (exact) mass is 554 g/mol. The number of thiophene rings is 1. The van der Waals surface area contributed by atoms with Gasteiger partial charge in [-0.15, -0.1) is 35.3 Å². The van der Waals surface area contributed by atoms with Gasteiger partial charge in [0.1, 0.15) is 4.21 Å². The Morgan fingerprint density at radius 1 is 1.28 bits per heavy atom. The van der Waals surface area contributed by atoms with Crippen molar-refractivity contribution in [2.75, 3.05) is 20.1 Å². The van der Waals surface area contributed by atoms with Crippen LogP contribution in [0.4, 0.5) is 0 Å². The lowest BCUT2D eigenvalue weighted by atomic mass is 10.1. The van der Waals surface area contributed by atoms with Gasteiger partial charge in [0.05, 0.1) is 5.69 Å². The first-order valence-corrected chi connectivity index (χ1v) is 11.5. The van der Waals surface area contributed by atoms with Crippen molar-refractivity contribution >= 4 is 51.3 Å². The van der Waals surface area contributed by atoms with Crippen LogP contribution in [0, 0.1) is 20.8 Å². The standard InChI is InChI=1S/C18H30N6O2S2.HI/c1-12(11-16-14(3)23-24(6)15(16)4)22-18(19-5)20-9-10-21-28(25,26)17-8-7-13(2)27-17;/h7-8,12,21H,9-11H2,1-6H3,(H2,19,20,22);1H. The van der Waals surface area contributed by atoms with E-state index in [1.807, 2.05) is 25.6 Å². The lowest BCUT2D eigenvalue weighted by Gasteiger charge is -2.18. The third kappa shape index (κ3) is 7.23. The minimum absolute atomic E-state index is 0. The predicted octanol–water partition coefficient (Wildman–Crippen LogP) is 2.10. The zero-order valence-corrected chi connectivity index (χ0v) is 21.7. The largest absolute Gasteiger partial charge is 0.355 e. The van der Waals surface area contributed by atoms with Gasteiger partial charge in [0.25, 0.3) is 0 Å². The summed E-state index contributed by atoms with van der Waals surface area (Å²) >= 11 is 1.26. The number of aliphatic imine (C=N–C) groups is 1. The first-order chi connectivity index (χ1) is 13.1. The highest BCUT2D eigenvalue weighted by Crippen LogP contribution is 2.20. The van der Waals surface area contributed by atoms with Gasteiger partial charge in [-0.2, -0.15) is 5.10 Å². The average molecular weight is 555 g/mol. The van der Waals surface area contributed by atoms with Crippen LogP contribution in [0.25, 0.3) is 0 Å². The third-order valence-corrected chi connectivity index (χ3v) is 7.42. The van der Waals surface area contributed by atoms with Gasteiger partial charge >= 0.3 is 0 Å². The number of hydrogen-bond acceptors (Lipinski definition) is 5. The number of sulfonamides is 1. The summed E-state index contributed by atoms with van der Waals surface area (Å²) in [6, 6.07) is 3.58. The van der Waals surface area contributed by atoms with Crippen LogP contribution in [0.3, 0.4) is 0 Å². The summed E-state index contributed by atoms with van der Waals surface area (Å²) in [7, 11) is 0.187. The molecule has 164 valence electrons. The Bertz CT molecular complexity index is 936. The maximum atomic E-state index is 12.2. The number of guanidine groups is 1. The Hall–Kier alpha value is -1.18. The Balaban J connectivity index is 0.00000420. The second-order valence-electron chi connectivity index (χ2n) is 6.78. The highest BCUT2D eigenvalue weighted by atomic mass is 127. The quantitative estimate of drug-likeness (QED) is 0.201. The molecule has 2 heterocycles. The van der Waals surface area contributed by atoms with Crippen molar-refractivity contribution < 1.29 is 8.42 Å². The fraction of sp³-hybridized carbons (Fsp3) is 0.556. The first kappa shape index (κ1) is 25.9. The van der Waals surface area contributed by atoms with Crippen LogP contribution in [0.5, 0.6) is 0 Å². The number of hydrogen-bond donors (Lipinski definition) is 3. The van der Waals surface area contributed by atoms with Gasteiger partial charge in [-0.05, 0) is 51.8 Å². The molecule has 3 N–H and O–H groups in total. The zero-order valence-electron chi connectivity index (χ0n) is 17.7. The van der Waals surface area contributed by atoms with Crippen LogP contribution >= 0.6 is 35.3 Å². The van der Waals surface area contributed by atoms with Gasteiger partial charge < -0.3 is 10.6 Å². The van der Waals surface area contributed by atoms with E-state index in [2.05, 4.69) is 39.3 Å². The van der Waals surface area contributed by atoms with E-state index in [-0.39, 0.29) is 36.6 Å². The number of halogens is 1. The molecule has 0 fully saturated rings. The molecule has 29 heavy (non-hydrogen) atoms. The van der Waals surface area contributed by atoms with Crippen molar-refractivity contribution in [3.63, 3.8) is 0 Å². The van der Waals surface area contributed by atoms with Crippen LogP contribution < -0.4 is 15.4 Å². The fourth-order valence-electron chi connectivity index (χ4n) is 2.89. The molecule has 1 unspecified atom stereocenters. The van der Waals surface area contributed by atoms with Gasteiger partial charge in [0.2, 0.25) is 10.0 Å². The number of nitrogens with one attached hydrogen (secondary N) is 3. The van der Waals surface area contributed by atoms with Crippen molar-refractivity contribution in [3.05, 3.63) is 34.0 Å². The van der Waals surface area contributed by atoms with Crippen LogP contribution in [-0.2, 0) is 23.5 Å². The van der Waals surface area contributed by atoms with Crippen molar-refractivity contribution in [3.8, 4) is 0 Å². The summed E-state index contributed by atoms with van der Waals surface area (Å²) in [4.78, 5) is 5.18. The lowest BCUT2D eigenvalue weighted by molar-refractivity contribution is 0.581. The van der Waals surface area contributed by atoms with E-state index < -0.39 is 10.0 Å². The van der Waals surface area contributed by atoms with Crippen molar-refractivity contribution in [1.82, 2.24) is 25.1 Å². The Morgan fingerprint density at radius 3 is 2.48 bits per heavy atom. The molecule has 0 aliphatic rings. The molecular formula is C18H31IN6O2S2. The highest BCUT2D eigenvalue weighted by Gasteiger charge is 2.16. The molecule has 0 amide bonds. The Labute approximate surface area is 194 Å². The molecule has 2 aromatic heterocycles. The number of rotatable bonds is 8. The molecule has 1 atom stereocenters. The molecule has 8 nitrogen and oxygen atoms in total. The third-order valence-electron chi connectivity index (χ3n) is 4.47. The van der Waals surface area contributed by atoms with Crippen LogP contribution in [0.15, 0.2) is 21.3 Å². The summed E-state index contributed by atoms with van der Waals surface area (Å²) in [5.74, 6) is 0.637. The van der Waals surface area contributed by atoms with Crippen LogP contribution in [0.1, 0.15) is 28.8 Å². The molecule has 11 heteroatoms. The van der Waals surface area contributed by atoms with Crippen LogP contribution in [0.2, 0.25) is 0 Å². The Kier molecular flexibility index (Phi) is 10.1. The molecule has 2 aromatic rings. The summed E-state index contributed by atoms with van der Waals surface area (Å²) in [6.45, 7) is 8.76. The highest BCUT2D eigenvalue weighted by molar-refractivity contribution is 14.0. The minimum atomic E-state index is -3.46. The lowest BCUT2D eigenvalue weighted by Crippen LogP contribution is -2.45. The van der Waals surface area contributed by atoms with E-state index in [1.54, 1.807) is 19.2 Å². The van der Waals surface area contributed by atoms with Gasteiger partial charge in [-0.1, -0.05) is 0 Å². The second-order valence-corrected chi connectivity index (χ2v) is 10.1. The van der Waals surface area contributed by atoms with E-state index in [0.29, 0.717) is 16.7 Å². The number of nitrogens with zero attached hydrogens (tertiary/aromatic N) is 3. The molecule has 0 saturated heterocycles. The van der Waals surface area contributed by atoms with Gasteiger partial charge in [-0.25, -0.2) is 13.1 Å². The molecule has 0 aliphatic heterocycles. The summed E-state index contributed by atoms with van der Waals surface area (Å²) in [6.07, 6.45) is 0.830. The number of aromatic nitrogens is 2. The minimum Gasteiger partial charge on any atom is -0.355 e. The molecule has 0 aliphatic carbocycles. The van der Waals surface area contributed by atoms with E-state index in [0.717, 1.165) is 22.7 Å². The maximum Gasteiger partial charge on any atom is 0.250 e. The maximum absolute atomic E-state index is 12.2. The summed E-state index contributed by atoms with van der Waals surface area (Å²) in [5, 5.41) is 10.9. The SMILES string of the molecule is CN=C(NCCNS(=O)(=O)c1ccc(C)s1)NC(C)Cc1c(C)nn(C)c1C.I. The topological polar surface area (TPSA) is 100 Å². The molecule has 0 saturated carbocycles. The van der Waals surface area contributed by atoms with Crippen molar-refractivity contribution in [2.24, 2.45) is 12.0 Å². The van der Waals surface area contributed by atoms with E-state index >= 15 is 0 Å². The van der Waals surface area contributed by atoms with E-state index in [4.69, 9.17) is 0 Å². The molecule has 0 spiro atoms. The molecule has 2 rings (SSSR count). The molecular weight excluding hydrogens is 523 g/mol. The first-order valence-electron chi connectivity index (χ1n) is 9.16. The van der Waals surface area contributed by atoms with Gasteiger partial charge in [-0.3, -0.25) is 9.67 Å². The van der Waals surface area contributed by atoms with Crippen LogP contribution in [-0.4, -0.2) is 50.3 Å². The second kappa shape index (κ2) is 11.3. The summed E-state index contributed by atoms with van der Waals surface area (Å²) < 4.78 is 29.3.